The Morgan fingerprint density at radius 3 is 2.15 bits per heavy atom. The van der Waals surface area contributed by atoms with Crippen molar-refractivity contribution in [3.05, 3.63) is 59.7 Å². The van der Waals surface area contributed by atoms with Crippen molar-refractivity contribution in [1.29, 1.82) is 0 Å². The molecule has 1 atom stereocenters. The Morgan fingerprint density at radius 1 is 0.970 bits per heavy atom. The summed E-state index contributed by atoms with van der Waals surface area (Å²) in [5.41, 5.74) is 0.800. The molecule has 1 N–H and O–H groups in total. The van der Waals surface area contributed by atoms with Crippen LogP contribution in [0.3, 0.4) is 0 Å². The molecule has 10 heteroatoms. The van der Waals surface area contributed by atoms with E-state index in [0.29, 0.717) is 26.2 Å². The zero-order valence-electron chi connectivity index (χ0n) is 18.5. The second kappa shape index (κ2) is 9.05. The standard InChI is InChI=1S/C23H26N4O5S/c1-3-25-11-13-26(14-12-25)33(31,32)18-8-6-7-17(15-18)24-21(28)16(2)27-22(29)19-9-4-5-10-20(19)23(27)30/h4-10,15-16H,3,11-14H2,1-2H3,(H,24,28). The lowest BCUT2D eigenvalue weighted by Gasteiger charge is -2.33. The highest BCUT2D eigenvalue weighted by molar-refractivity contribution is 7.89. The van der Waals surface area contributed by atoms with Crippen molar-refractivity contribution in [2.45, 2.75) is 24.8 Å². The quantitative estimate of drug-likeness (QED) is 0.643. The molecule has 1 fully saturated rings. The Balaban J connectivity index is 1.48. The zero-order valence-corrected chi connectivity index (χ0v) is 19.3. The van der Waals surface area contributed by atoms with E-state index in [1.54, 1.807) is 36.4 Å². The summed E-state index contributed by atoms with van der Waals surface area (Å²) in [5.74, 6) is -1.64. The fourth-order valence-electron chi connectivity index (χ4n) is 4.09. The van der Waals surface area contributed by atoms with Gasteiger partial charge in [-0.25, -0.2) is 8.42 Å². The Bertz CT molecular complexity index is 1170. The third-order valence-electron chi connectivity index (χ3n) is 6.11. The van der Waals surface area contributed by atoms with Crippen LogP contribution in [0.25, 0.3) is 0 Å². The van der Waals surface area contributed by atoms with E-state index < -0.39 is 33.8 Å². The molecule has 2 heterocycles. The Morgan fingerprint density at radius 2 is 1.58 bits per heavy atom. The number of hydrogen-bond donors (Lipinski definition) is 1. The highest BCUT2D eigenvalue weighted by Gasteiger charge is 2.40. The second-order valence-corrected chi connectivity index (χ2v) is 10.00. The molecule has 1 saturated heterocycles. The number of amides is 3. The SMILES string of the molecule is CCN1CCN(S(=O)(=O)c2cccc(NC(=O)C(C)N3C(=O)c4ccccc4C3=O)c2)CC1. The minimum Gasteiger partial charge on any atom is -0.324 e. The van der Waals surface area contributed by atoms with E-state index in [1.807, 2.05) is 6.92 Å². The number of likely N-dealkylation sites (N-methyl/N-ethyl adjacent to an activating group) is 1. The third kappa shape index (κ3) is 4.29. The maximum absolute atomic E-state index is 13.1. The molecule has 3 amide bonds. The molecule has 2 aliphatic rings. The van der Waals surface area contributed by atoms with Gasteiger partial charge < -0.3 is 10.2 Å². The summed E-state index contributed by atoms with van der Waals surface area (Å²) in [5, 5.41) is 2.64. The van der Waals surface area contributed by atoms with E-state index in [0.717, 1.165) is 11.4 Å². The number of anilines is 1. The molecule has 33 heavy (non-hydrogen) atoms. The average Bonchev–Trinajstić information content (AvgIpc) is 3.09. The molecule has 0 saturated carbocycles. The van der Waals surface area contributed by atoms with Crippen LogP contribution < -0.4 is 5.32 Å². The Labute approximate surface area is 193 Å². The molecule has 2 aliphatic heterocycles. The van der Waals surface area contributed by atoms with Crippen LogP contribution in [-0.4, -0.2) is 79.0 Å². The molecule has 0 aliphatic carbocycles. The molecular formula is C23H26N4O5S. The molecule has 4 rings (SSSR count). The average molecular weight is 471 g/mol. The Kier molecular flexibility index (Phi) is 6.33. The van der Waals surface area contributed by atoms with Gasteiger partial charge in [0, 0.05) is 31.9 Å². The molecule has 0 aromatic heterocycles. The van der Waals surface area contributed by atoms with Gasteiger partial charge in [0.25, 0.3) is 11.8 Å². The van der Waals surface area contributed by atoms with Gasteiger partial charge in [-0.2, -0.15) is 4.31 Å². The van der Waals surface area contributed by atoms with Crippen LogP contribution in [0.15, 0.2) is 53.4 Å². The first-order chi connectivity index (χ1) is 15.7. The van der Waals surface area contributed by atoms with E-state index in [-0.39, 0.29) is 21.7 Å². The smallest absolute Gasteiger partial charge is 0.262 e. The van der Waals surface area contributed by atoms with Crippen LogP contribution in [0.5, 0.6) is 0 Å². The summed E-state index contributed by atoms with van der Waals surface area (Å²) in [7, 11) is -3.70. The number of hydrogen-bond acceptors (Lipinski definition) is 6. The summed E-state index contributed by atoms with van der Waals surface area (Å²) in [6, 6.07) is 11.4. The topological polar surface area (TPSA) is 107 Å². The van der Waals surface area contributed by atoms with Crippen LogP contribution in [-0.2, 0) is 14.8 Å². The molecule has 0 bridgehead atoms. The number of piperazine rings is 1. The highest BCUT2D eigenvalue weighted by Crippen LogP contribution is 2.26. The summed E-state index contributed by atoms with van der Waals surface area (Å²) >= 11 is 0. The van der Waals surface area contributed by atoms with Crippen molar-refractivity contribution in [3.63, 3.8) is 0 Å². The summed E-state index contributed by atoms with van der Waals surface area (Å²) in [4.78, 5) is 41.3. The van der Waals surface area contributed by atoms with E-state index in [2.05, 4.69) is 10.2 Å². The fourth-order valence-corrected chi connectivity index (χ4v) is 5.56. The van der Waals surface area contributed by atoms with Crippen LogP contribution in [0.2, 0.25) is 0 Å². The van der Waals surface area contributed by atoms with Crippen molar-refractivity contribution in [2.75, 3.05) is 38.0 Å². The van der Waals surface area contributed by atoms with E-state index >= 15 is 0 Å². The number of carbonyl (C=O) groups is 3. The highest BCUT2D eigenvalue weighted by atomic mass is 32.2. The van der Waals surface area contributed by atoms with Crippen molar-refractivity contribution in [2.24, 2.45) is 0 Å². The van der Waals surface area contributed by atoms with Gasteiger partial charge in [-0.1, -0.05) is 25.1 Å². The molecule has 174 valence electrons. The summed E-state index contributed by atoms with van der Waals surface area (Å²) in [6.07, 6.45) is 0. The van der Waals surface area contributed by atoms with Gasteiger partial charge in [0.2, 0.25) is 15.9 Å². The second-order valence-electron chi connectivity index (χ2n) is 8.06. The number of rotatable bonds is 6. The zero-order chi connectivity index (χ0) is 23.8. The molecule has 1 unspecified atom stereocenters. The molecule has 0 radical (unpaired) electrons. The largest absolute Gasteiger partial charge is 0.324 e. The number of nitrogens with zero attached hydrogens (tertiary/aromatic N) is 3. The fraction of sp³-hybridized carbons (Fsp3) is 0.348. The van der Waals surface area contributed by atoms with Gasteiger partial charge >= 0.3 is 0 Å². The molecule has 9 nitrogen and oxygen atoms in total. The Hall–Kier alpha value is -3.08. The van der Waals surface area contributed by atoms with Gasteiger partial charge in [-0.3, -0.25) is 19.3 Å². The minimum atomic E-state index is -3.70. The lowest BCUT2D eigenvalue weighted by Crippen LogP contribution is -2.48. The number of benzene rings is 2. The van der Waals surface area contributed by atoms with Crippen molar-refractivity contribution < 1.29 is 22.8 Å². The maximum atomic E-state index is 13.1. The number of carbonyl (C=O) groups excluding carboxylic acids is 3. The van der Waals surface area contributed by atoms with Crippen molar-refractivity contribution in [1.82, 2.24) is 14.1 Å². The van der Waals surface area contributed by atoms with Crippen LogP contribution >= 0.6 is 0 Å². The summed E-state index contributed by atoms with van der Waals surface area (Å²) < 4.78 is 27.6. The normalized spacial score (nSPS) is 18.3. The van der Waals surface area contributed by atoms with E-state index in [9.17, 15) is 22.8 Å². The first kappa shape index (κ1) is 23.1. The number of sulfonamides is 1. The first-order valence-corrected chi connectivity index (χ1v) is 12.3. The number of fused-ring (bicyclic) bond motifs is 1. The monoisotopic (exact) mass is 470 g/mol. The number of imide groups is 1. The van der Waals surface area contributed by atoms with Crippen LogP contribution in [0, 0.1) is 0 Å². The van der Waals surface area contributed by atoms with E-state index in [4.69, 9.17) is 0 Å². The lowest BCUT2D eigenvalue weighted by atomic mass is 10.1. The molecule has 0 spiro atoms. The molecule has 2 aromatic carbocycles. The van der Waals surface area contributed by atoms with Gasteiger partial charge in [0.1, 0.15) is 6.04 Å². The van der Waals surface area contributed by atoms with Crippen molar-refractivity contribution in [3.8, 4) is 0 Å². The van der Waals surface area contributed by atoms with Gasteiger partial charge in [0.05, 0.1) is 16.0 Å². The van der Waals surface area contributed by atoms with Gasteiger partial charge in [-0.05, 0) is 43.8 Å². The third-order valence-corrected chi connectivity index (χ3v) is 8.00. The predicted molar refractivity (Wildman–Crippen MR) is 122 cm³/mol. The van der Waals surface area contributed by atoms with Crippen molar-refractivity contribution >= 4 is 33.4 Å². The lowest BCUT2D eigenvalue weighted by molar-refractivity contribution is -0.119. The first-order valence-electron chi connectivity index (χ1n) is 10.8. The minimum absolute atomic E-state index is 0.0821. The van der Waals surface area contributed by atoms with E-state index in [1.165, 1.54) is 23.4 Å². The molecular weight excluding hydrogens is 444 g/mol. The van der Waals surface area contributed by atoms with Crippen LogP contribution in [0.4, 0.5) is 5.69 Å². The van der Waals surface area contributed by atoms with Gasteiger partial charge in [0.15, 0.2) is 0 Å². The number of nitrogens with one attached hydrogen (secondary N) is 1. The summed E-state index contributed by atoms with van der Waals surface area (Å²) in [6.45, 7) is 6.53. The maximum Gasteiger partial charge on any atom is 0.262 e. The molecule has 2 aromatic rings. The van der Waals surface area contributed by atoms with Gasteiger partial charge in [-0.15, -0.1) is 0 Å². The van der Waals surface area contributed by atoms with Crippen LogP contribution in [0.1, 0.15) is 34.6 Å². The predicted octanol–water partition coefficient (Wildman–Crippen LogP) is 1.64.